The van der Waals surface area contributed by atoms with Crippen molar-refractivity contribution in [3.63, 3.8) is 0 Å². The first-order valence-corrected chi connectivity index (χ1v) is 34.4. The number of H-pyrrole nitrogens is 2. The Kier molecular flexibility index (Phi) is 31.8. The molecule has 2 aromatic heterocycles. The molecule has 3 aliphatic rings. The van der Waals surface area contributed by atoms with Crippen molar-refractivity contribution in [2.75, 3.05) is 47.1 Å². The van der Waals surface area contributed by atoms with E-state index >= 15 is 0 Å². The molecule has 0 saturated carbocycles. The van der Waals surface area contributed by atoms with Gasteiger partial charge in [-0.25, -0.2) is 14.4 Å². The lowest BCUT2D eigenvalue weighted by Crippen LogP contribution is -2.54. The van der Waals surface area contributed by atoms with Crippen LogP contribution in [-0.2, 0) is 52.6 Å². The van der Waals surface area contributed by atoms with Crippen LogP contribution in [-0.4, -0.2) is 164 Å². The number of aromatic amines is 2. The molecule has 3 fully saturated rings. The zero-order valence-corrected chi connectivity index (χ0v) is 59.5. The number of esters is 2. The molecule has 0 unspecified atom stereocenters. The molecule has 3 aliphatic heterocycles. The Morgan fingerprint density at radius 2 is 0.889 bits per heavy atom. The van der Waals surface area contributed by atoms with Crippen LogP contribution in [0.25, 0.3) is 21.8 Å². The predicted molar refractivity (Wildman–Crippen MR) is 369 cm³/mol. The van der Waals surface area contributed by atoms with Crippen molar-refractivity contribution >= 4 is 87.1 Å². The highest BCUT2D eigenvalue weighted by Crippen LogP contribution is 2.29. The zero-order chi connectivity index (χ0) is 73.1. The minimum Gasteiger partial charge on any atom is -0.493 e. The molecule has 7 rings (SSSR count). The van der Waals surface area contributed by atoms with Crippen LogP contribution in [0.4, 0.5) is 4.79 Å². The van der Waals surface area contributed by atoms with Crippen molar-refractivity contribution in [3.05, 3.63) is 59.9 Å². The summed E-state index contributed by atoms with van der Waals surface area (Å²) in [5.41, 5.74) is 1.41. The van der Waals surface area contributed by atoms with Crippen LogP contribution >= 0.6 is 0 Å². The van der Waals surface area contributed by atoms with E-state index in [0.717, 1.165) is 41.1 Å². The normalized spacial score (nSPS) is 17.8. The topological polar surface area (TPSA) is 398 Å². The van der Waals surface area contributed by atoms with E-state index in [1.54, 1.807) is 32.9 Å². The first-order valence-electron chi connectivity index (χ1n) is 34.4. The fourth-order valence-corrected chi connectivity index (χ4v) is 11.8. The van der Waals surface area contributed by atoms with E-state index in [1.165, 1.54) is 14.2 Å². The molecule has 0 spiro atoms. The van der Waals surface area contributed by atoms with Crippen molar-refractivity contribution < 1.29 is 76.4 Å². The maximum absolute atomic E-state index is 13.2. The first kappa shape index (κ1) is 80.3. The molecular weight excluding hydrogens is 1280 g/mol. The Balaban J connectivity index is 0.000000270. The lowest BCUT2D eigenvalue weighted by molar-refractivity contribution is -0.147. The second kappa shape index (κ2) is 39.2. The highest BCUT2D eigenvalue weighted by molar-refractivity contribution is 6.03. The highest BCUT2D eigenvalue weighted by Gasteiger charge is 2.37. The van der Waals surface area contributed by atoms with E-state index in [0.29, 0.717) is 94.3 Å². The van der Waals surface area contributed by atoms with Crippen LogP contribution < -0.4 is 57.3 Å². The van der Waals surface area contributed by atoms with E-state index in [4.69, 9.17) is 23.7 Å². The Hall–Kier alpha value is -9.42. The van der Waals surface area contributed by atoms with E-state index in [2.05, 4.69) is 63.9 Å². The number of piperidine rings is 3. The van der Waals surface area contributed by atoms with Gasteiger partial charge in [-0.1, -0.05) is 53.7 Å². The number of hydrogen-bond donors (Lipinski definition) is 11. The molecule has 5 heterocycles. The van der Waals surface area contributed by atoms with Crippen LogP contribution in [0, 0.1) is 46.8 Å². The van der Waals surface area contributed by atoms with Crippen molar-refractivity contribution in [3.8, 4) is 17.6 Å². The Bertz CT molecular complexity index is 3460. The summed E-state index contributed by atoms with van der Waals surface area (Å²) in [6.45, 7) is 23.4. The monoisotopic (exact) mass is 1380 g/mol. The van der Waals surface area contributed by atoms with Crippen LogP contribution in [0.3, 0.4) is 0 Å². The van der Waals surface area contributed by atoms with Gasteiger partial charge in [-0.05, 0) is 166 Å². The third-order valence-electron chi connectivity index (χ3n) is 16.5. The number of benzene rings is 2. The molecule has 9 amide bonds. The number of hydrogen-bond acceptors (Lipinski definition) is 17. The van der Waals surface area contributed by atoms with E-state index in [1.807, 2.05) is 91.8 Å². The standard InChI is InChI=1S/C26H36N4O6.C25H33N5O4.C20H35N3O6/c1-5-36-22-10-6-9-18-17(22)14-20(28-18)25(33)29-19(12-15(2)3)24(32)30-21(26(34)35-4)13-16-8-7-11-27-23(16)31;1-4-34-22-9-5-8-19-18(22)13-21(29-19)25(33)30-20(11-15(2)3)24(32)28-17(14-26)12-16-7-6-10-27-23(16)31;1-12(2)10-14(23-19(27)29-20(3,4)5)17(25)22-15(18(26)28-6)11-13-8-7-9-21-16(13)24/h6,9-10,14-16,19,21,28H,5,7-8,11-13H2,1-4H3,(H,27,31)(H,29,33)(H,30,32);5,8-9,13,15-17,20,29H,4,6-7,10-12H2,1-3H3,(H,27,31)(H,28,32)(H,30,33);12-15H,7-11H2,1-6H3,(H,21,24)(H,22,25)(H,23,27)/t16-,19-,21-;16-,17-,20-;13-,14-,15-/m000/s1. The molecule has 28 nitrogen and oxygen atoms in total. The molecule has 2 aromatic carbocycles. The van der Waals surface area contributed by atoms with Crippen LogP contribution in [0.15, 0.2) is 48.5 Å². The maximum atomic E-state index is 13.2. The molecule has 9 atom stereocenters. The summed E-state index contributed by atoms with van der Waals surface area (Å²) in [6, 6.07) is 11.2. The molecule has 99 heavy (non-hydrogen) atoms. The summed E-state index contributed by atoms with van der Waals surface area (Å²) in [5, 5.41) is 35.7. The number of fused-ring (bicyclic) bond motifs is 2. The Morgan fingerprint density at radius 1 is 0.525 bits per heavy atom. The summed E-state index contributed by atoms with van der Waals surface area (Å²) < 4.78 is 26.2. The van der Waals surface area contributed by atoms with Gasteiger partial charge < -0.3 is 81.5 Å². The fraction of sp³-hybridized carbons (Fsp3) is 0.606. The summed E-state index contributed by atoms with van der Waals surface area (Å²) in [5.74, 6) is -3.34. The number of alkyl carbamates (subject to hydrolysis) is 1. The van der Waals surface area contributed by atoms with Gasteiger partial charge in [0.2, 0.25) is 35.4 Å². The van der Waals surface area contributed by atoms with Crippen molar-refractivity contribution in [2.24, 2.45) is 35.5 Å². The summed E-state index contributed by atoms with van der Waals surface area (Å²) in [6.07, 6.45) is 5.38. The maximum Gasteiger partial charge on any atom is 0.408 e. The summed E-state index contributed by atoms with van der Waals surface area (Å²) >= 11 is 0. The number of nitriles is 1. The predicted octanol–water partition coefficient (Wildman–Crippen LogP) is 6.42. The Morgan fingerprint density at radius 3 is 1.22 bits per heavy atom. The van der Waals surface area contributed by atoms with Crippen LogP contribution in [0.2, 0.25) is 0 Å². The van der Waals surface area contributed by atoms with Gasteiger partial charge in [-0.3, -0.25) is 38.4 Å². The average Bonchev–Trinajstić information content (AvgIpc) is 1.68. The van der Waals surface area contributed by atoms with Gasteiger partial charge in [-0.2, -0.15) is 5.26 Å². The fourth-order valence-electron chi connectivity index (χ4n) is 11.8. The van der Waals surface area contributed by atoms with Crippen LogP contribution in [0.1, 0.15) is 174 Å². The zero-order valence-electron chi connectivity index (χ0n) is 59.5. The quantitative estimate of drug-likeness (QED) is 0.0206. The number of carbonyl (C=O) groups excluding carboxylic acids is 11. The van der Waals surface area contributed by atoms with Gasteiger partial charge in [0.1, 0.15) is 64.7 Å². The number of aromatic nitrogens is 2. The van der Waals surface area contributed by atoms with Gasteiger partial charge in [0.05, 0.1) is 33.5 Å². The summed E-state index contributed by atoms with van der Waals surface area (Å²) in [4.78, 5) is 144. The third kappa shape index (κ3) is 25.8. The summed E-state index contributed by atoms with van der Waals surface area (Å²) in [7, 11) is 2.47. The minimum absolute atomic E-state index is 0.0852. The van der Waals surface area contributed by atoms with E-state index in [-0.39, 0.29) is 66.6 Å². The van der Waals surface area contributed by atoms with Gasteiger partial charge in [0.15, 0.2) is 0 Å². The number of methoxy groups -OCH3 is 2. The minimum atomic E-state index is -0.996. The number of nitrogens with one attached hydrogen (secondary N) is 11. The third-order valence-corrected chi connectivity index (χ3v) is 16.5. The molecule has 4 aromatic rings. The molecular formula is C71H104N12O16. The second-order valence-corrected chi connectivity index (χ2v) is 27.3. The smallest absolute Gasteiger partial charge is 0.408 e. The SMILES string of the molecule is CCOc1cccc2[nH]c(C(=O)N[C@@H](CC(C)C)C(=O)N[C@@H](C[C@@H]3CCCNC3=O)C(=O)OC)cc12.CCOc1cccc2[nH]c(C(=O)N[C@@H](CC(C)C)C(=O)N[C@H](C#N)C[C@@H]3CCCNC3=O)cc12.COC(=O)[C@H](C[C@@H]1CCCNC1=O)NC(=O)[C@H](CC(C)C)NC(=O)OC(C)(C)C. The molecule has 0 aliphatic carbocycles. The lowest BCUT2D eigenvalue weighted by atomic mass is 9.91. The molecule has 28 heteroatoms. The highest BCUT2D eigenvalue weighted by atomic mass is 16.6. The molecule has 0 radical (unpaired) electrons. The Labute approximate surface area is 579 Å². The number of ether oxygens (including phenoxy) is 5. The molecule has 544 valence electrons. The average molecular weight is 1380 g/mol. The van der Waals surface area contributed by atoms with Crippen molar-refractivity contribution in [1.82, 2.24) is 57.8 Å². The molecule has 3 saturated heterocycles. The van der Waals surface area contributed by atoms with Gasteiger partial charge in [-0.15, -0.1) is 0 Å². The first-order chi connectivity index (χ1) is 47.0. The van der Waals surface area contributed by atoms with E-state index in [9.17, 15) is 58.0 Å². The van der Waals surface area contributed by atoms with Crippen molar-refractivity contribution in [2.45, 2.75) is 195 Å². The number of nitrogens with zero attached hydrogens (tertiary/aromatic N) is 1. The van der Waals surface area contributed by atoms with Crippen molar-refractivity contribution in [1.29, 1.82) is 5.26 Å². The number of rotatable bonds is 29. The lowest BCUT2D eigenvalue weighted by Gasteiger charge is -2.28. The second-order valence-electron chi connectivity index (χ2n) is 27.3. The molecule has 0 bridgehead atoms. The number of amides is 9. The van der Waals surface area contributed by atoms with Gasteiger partial charge in [0.25, 0.3) is 11.8 Å². The molecule has 11 N–H and O–H groups in total. The largest absolute Gasteiger partial charge is 0.493 e. The van der Waals surface area contributed by atoms with Crippen LogP contribution in [0.5, 0.6) is 11.5 Å². The van der Waals surface area contributed by atoms with Gasteiger partial charge >= 0.3 is 18.0 Å². The van der Waals surface area contributed by atoms with E-state index < -0.39 is 95.3 Å². The van der Waals surface area contributed by atoms with Gasteiger partial charge in [0, 0.05) is 59.2 Å². The number of carbonyl (C=O) groups is 11.